The molecule has 1 aromatic heterocycles. The molecule has 0 aliphatic carbocycles. The predicted molar refractivity (Wildman–Crippen MR) is 77.6 cm³/mol. The second-order valence-corrected chi connectivity index (χ2v) is 5.60. The first kappa shape index (κ1) is 14.4. The third kappa shape index (κ3) is 4.26. The first-order valence-corrected chi connectivity index (χ1v) is 6.75. The number of aromatic nitrogens is 1. The van der Waals surface area contributed by atoms with E-state index in [0.717, 1.165) is 11.1 Å². The standard InChI is InChI=1S/C15H20N2O3/c1-15(2,3)20-13(18)9-6-10-16-14-17-11-7-4-5-8-12(11)19-14/h4-5,7-8H,6,9-10H2,1-3H3,(H,16,17). The van der Waals surface area contributed by atoms with Crippen LogP contribution in [-0.4, -0.2) is 23.1 Å². The van der Waals surface area contributed by atoms with Crippen LogP contribution in [0.15, 0.2) is 28.7 Å². The second kappa shape index (κ2) is 5.94. The van der Waals surface area contributed by atoms with Gasteiger partial charge in [0, 0.05) is 13.0 Å². The third-order valence-corrected chi connectivity index (χ3v) is 2.55. The van der Waals surface area contributed by atoms with Crippen LogP contribution in [-0.2, 0) is 9.53 Å². The lowest BCUT2D eigenvalue weighted by Crippen LogP contribution is -2.24. The summed E-state index contributed by atoms with van der Waals surface area (Å²) < 4.78 is 10.7. The zero-order valence-electron chi connectivity index (χ0n) is 12.1. The van der Waals surface area contributed by atoms with Gasteiger partial charge in [0.15, 0.2) is 5.58 Å². The number of benzene rings is 1. The molecule has 0 unspecified atom stereocenters. The largest absolute Gasteiger partial charge is 0.460 e. The lowest BCUT2D eigenvalue weighted by molar-refractivity contribution is -0.154. The zero-order chi connectivity index (χ0) is 14.6. The Balaban J connectivity index is 1.74. The Morgan fingerprint density at radius 3 is 2.80 bits per heavy atom. The molecule has 5 nitrogen and oxygen atoms in total. The van der Waals surface area contributed by atoms with Crippen molar-refractivity contribution in [1.82, 2.24) is 4.98 Å². The molecule has 20 heavy (non-hydrogen) atoms. The first-order valence-electron chi connectivity index (χ1n) is 6.75. The summed E-state index contributed by atoms with van der Waals surface area (Å²) in [5.74, 6) is -0.183. The van der Waals surface area contributed by atoms with Gasteiger partial charge >= 0.3 is 5.97 Å². The van der Waals surface area contributed by atoms with E-state index in [2.05, 4.69) is 10.3 Å². The summed E-state index contributed by atoms with van der Waals surface area (Å²) in [6.45, 7) is 6.20. The average molecular weight is 276 g/mol. The second-order valence-electron chi connectivity index (χ2n) is 5.60. The molecule has 0 spiro atoms. The summed E-state index contributed by atoms with van der Waals surface area (Å²) in [7, 11) is 0. The highest BCUT2D eigenvalue weighted by molar-refractivity contribution is 5.74. The molecule has 0 saturated heterocycles. The van der Waals surface area contributed by atoms with Crippen LogP contribution in [0.2, 0.25) is 0 Å². The van der Waals surface area contributed by atoms with Gasteiger partial charge in [0.2, 0.25) is 0 Å². The fourth-order valence-electron chi connectivity index (χ4n) is 1.77. The van der Waals surface area contributed by atoms with Crippen LogP contribution in [0.5, 0.6) is 0 Å². The third-order valence-electron chi connectivity index (χ3n) is 2.55. The minimum atomic E-state index is -0.426. The van der Waals surface area contributed by atoms with Crippen LogP contribution >= 0.6 is 0 Å². The number of anilines is 1. The molecule has 108 valence electrons. The molecule has 1 aromatic carbocycles. The maximum Gasteiger partial charge on any atom is 0.306 e. The number of hydrogen-bond acceptors (Lipinski definition) is 5. The van der Waals surface area contributed by atoms with Gasteiger partial charge < -0.3 is 14.5 Å². The van der Waals surface area contributed by atoms with Gasteiger partial charge in [0.05, 0.1) is 0 Å². The van der Waals surface area contributed by atoms with Gasteiger partial charge in [-0.05, 0) is 39.3 Å². The highest BCUT2D eigenvalue weighted by Gasteiger charge is 2.15. The van der Waals surface area contributed by atoms with Gasteiger partial charge in [0.25, 0.3) is 6.01 Å². The molecule has 5 heteroatoms. The molecule has 0 saturated carbocycles. The molecule has 0 atom stereocenters. The summed E-state index contributed by atoms with van der Waals surface area (Å²) in [6, 6.07) is 8.06. The number of nitrogens with one attached hydrogen (secondary N) is 1. The van der Waals surface area contributed by atoms with Crippen molar-refractivity contribution >= 4 is 23.1 Å². The number of esters is 1. The Morgan fingerprint density at radius 2 is 2.10 bits per heavy atom. The number of carbonyl (C=O) groups excluding carboxylic acids is 1. The number of oxazole rings is 1. The Kier molecular flexibility index (Phi) is 4.27. The highest BCUT2D eigenvalue weighted by Crippen LogP contribution is 2.18. The van der Waals surface area contributed by atoms with Crippen LogP contribution in [0, 0.1) is 0 Å². The Labute approximate surface area is 118 Å². The van der Waals surface area contributed by atoms with E-state index in [4.69, 9.17) is 9.15 Å². The van der Waals surface area contributed by atoms with Gasteiger partial charge in [-0.15, -0.1) is 0 Å². The van der Waals surface area contributed by atoms with E-state index in [1.165, 1.54) is 0 Å². The summed E-state index contributed by atoms with van der Waals surface area (Å²) >= 11 is 0. The number of carbonyl (C=O) groups is 1. The molecular formula is C15H20N2O3. The smallest absolute Gasteiger partial charge is 0.306 e. The van der Waals surface area contributed by atoms with Crippen LogP contribution in [0.1, 0.15) is 33.6 Å². The lowest BCUT2D eigenvalue weighted by atomic mass is 10.2. The summed E-state index contributed by atoms with van der Waals surface area (Å²) in [5.41, 5.74) is 1.15. The van der Waals surface area contributed by atoms with Crippen molar-refractivity contribution in [2.24, 2.45) is 0 Å². The number of hydrogen-bond donors (Lipinski definition) is 1. The predicted octanol–water partition coefficient (Wildman–Crippen LogP) is 3.36. The number of rotatable bonds is 5. The molecule has 0 radical (unpaired) electrons. The number of nitrogens with zero attached hydrogens (tertiary/aromatic N) is 1. The van der Waals surface area contributed by atoms with Crippen molar-refractivity contribution in [2.75, 3.05) is 11.9 Å². The molecule has 0 fully saturated rings. The summed E-state index contributed by atoms with van der Waals surface area (Å²) in [5, 5.41) is 3.07. The van der Waals surface area contributed by atoms with Crippen molar-refractivity contribution < 1.29 is 13.9 Å². The fraction of sp³-hybridized carbons (Fsp3) is 0.467. The maximum atomic E-state index is 11.5. The van der Waals surface area contributed by atoms with E-state index in [1.807, 2.05) is 45.0 Å². The van der Waals surface area contributed by atoms with E-state index in [9.17, 15) is 4.79 Å². The zero-order valence-corrected chi connectivity index (χ0v) is 12.1. The molecule has 0 aliphatic rings. The Hall–Kier alpha value is -2.04. The van der Waals surface area contributed by atoms with E-state index >= 15 is 0 Å². The van der Waals surface area contributed by atoms with Crippen molar-refractivity contribution in [3.05, 3.63) is 24.3 Å². The maximum absolute atomic E-state index is 11.5. The minimum Gasteiger partial charge on any atom is -0.460 e. The van der Waals surface area contributed by atoms with Crippen molar-refractivity contribution in [3.63, 3.8) is 0 Å². The highest BCUT2D eigenvalue weighted by atomic mass is 16.6. The van der Waals surface area contributed by atoms with Crippen LogP contribution < -0.4 is 5.32 Å². The van der Waals surface area contributed by atoms with Crippen molar-refractivity contribution in [1.29, 1.82) is 0 Å². The van der Waals surface area contributed by atoms with E-state index in [-0.39, 0.29) is 5.97 Å². The van der Waals surface area contributed by atoms with Gasteiger partial charge in [-0.1, -0.05) is 12.1 Å². The quantitative estimate of drug-likeness (QED) is 0.670. The van der Waals surface area contributed by atoms with Crippen LogP contribution in [0.25, 0.3) is 11.1 Å². The first-order chi connectivity index (χ1) is 9.44. The van der Waals surface area contributed by atoms with Gasteiger partial charge in [-0.3, -0.25) is 4.79 Å². The Bertz CT molecular complexity index is 551. The van der Waals surface area contributed by atoms with Gasteiger partial charge in [0.1, 0.15) is 11.1 Å². The number of para-hydroxylation sites is 2. The van der Waals surface area contributed by atoms with E-state index in [1.54, 1.807) is 0 Å². The number of fused-ring (bicyclic) bond motifs is 1. The van der Waals surface area contributed by atoms with Gasteiger partial charge in [-0.2, -0.15) is 4.98 Å². The molecule has 0 amide bonds. The normalized spacial score (nSPS) is 11.6. The topological polar surface area (TPSA) is 64.4 Å². The lowest BCUT2D eigenvalue weighted by Gasteiger charge is -2.19. The van der Waals surface area contributed by atoms with Crippen molar-refractivity contribution in [2.45, 2.75) is 39.2 Å². The molecule has 1 N–H and O–H groups in total. The van der Waals surface area contributed by atoms with Crippen molar-refractivity contribution in [3.8, 4) is 0 Å². The molecule has 1 heterocycles. The van der Waals surface area contributed by atoms with Gasteiger partial charge in [-0.25, -0.2) is 0 Å². The average Bonchev–Trinajstić information content (AvgIpc) is 2.75. The van der Waals surface area contributed by atoms with Crippen LogP contribution in [0.3, 0.4) is 0 Å². The van der Waals surface area contributed by atoms with E-state index in [0.29, 0.717) is 25.4 Å². The summed E-state index contributed by atoms with van der Waals surface area (Å²) in [4.78, 5) is 15.8. The monoisotopic (exact) mass is 276 g/mol. The molecule has 0 bridgehead atoms. The fourth-order valence-corrected chi connectivity index (χ4v) is 1.77. The molecule has 0 aliphatic heterocycles. The Morgan fingerprint density at radius 1 is 1.35 bits per heavy atom. The SMILES string of the molecule is CC(C)(C)OC(=O)CCCNc1nc2ccccc2o1. The minimum absolute atomic E-state index is 0.183. The van der Waals surface area contributed by atoms with Crippen LogP contribution in [0.4, 0.5) is 6.01 Å². The molecule has 2 aromatic rings. The van der Waals surface area contributed by atoms with E-state index < -0.39 is 5.60 Å². The molecular weight excluding hydrogens is 256 g/mol. The molecule has 2 rings (SSSR count). The number of ether oxygens (including phenoxy) is 1. The summed E-state index contributed by atoms with van der Waals surface area (Å²) in [6.07, 6.45) is 1.05.